The summed E-state index contributed by atoms with van der Waals surface area (Å²) in [5, 5.41) is 11.4. The molecule has 6 heteroatoms. The van der Waals surface area contributed by atoms with E-state index in [4.69, 9.17) is 10.5 Å². The number of fused-ring (bicyclic) bond motifs is 1. The van der Waals surface area contributed by atoms with Gasteiger partial charge in [-0.05, 0) is 17.9 Å². The second kappa shape index (κ2) is 5.22. The van der Waals surface area contributed by atoms with Gasteiger partial charge in [0, 0.05) is 18.4 Å². The SMILES string of the molecule is NC(=O)N1CCC[C@@]1(Oc1cccc2ccccc12)C(=O)O. The first-order valence-corrected chi connectivity index (χ1v) is 7.02. The molecule has 0 radical (unpaired) electrons. The molecule has 1 aliphatic heterocycles. The minimum atomic E-state index is -1.74. The monoisotopic (exact) mass is 300 g/mol. The van der Waals surface area contributed by atoms with Crippen LogP contribution in [0.4, 0.5) is 4.79 Å². The highest BCUT2D eigenvalue weighted by atomic mass is 16.5. The summed E-state index contributed by atoms with van der Waals surface area (Å²) in [6.07, 6.45) is 0.731. The third-order valence-corrected chi connectivity index (χ3v) is 3.96. The summed E-state index contributed by atoms with van der Waals surface area (Å²) >= 11 is 0. The standard InChI is InChI=1S/C16H16N2O4/c17-15(21)18-10-4-9-16(18,14(19)20)22-13-8-3-6-11-5-1-2-7-12(11)13/h1-3,5-8H,4,9-10H2,(H2,17,21)(H,19,20)/t16-/m1/s1. The van der Waals surface area contributed by atoms with Gasteiger partial charge in [0.2, 0.25) is 0 Å². The van der Waals surface area contributed by atoms with E-state index in [9.17, 15) is 14.7 Å². The maximum Gasteiger partial charge on any atom is 0.370 e. The van der Waals surface area contributed by atoms with Crippen molar-refractivity contribution in [3.63, 3.8) is 0 Å². The number of nitrogens with zero attached hydrogens (tertiary/aromatic N) is 1. The minimum Gasteiger partial charge on any atom is -0.477 e. The predicted molar refractivity (Wildman–Crippen MR) is 80.5 cm³/mol. The van der Waals surface area contributed by atoms with Gasteiger partial charge in [0.1, 0.15) is 5.75 Å². The molecule has 1 saturated heterocycles. The number of carboxylic acids is 1. The maximum absolute atomic E-state index is 11.8. The van der Waals surface area contributed by atoms with Gasteiger partial charge in [-0.15, -0.1) is 0 Å². The van der Waals surface area contributed by atoms with Crippen LogP contribution in [-0.4, -0.2) is 34.3 Å². The Labute approximate surface area is 127 Å². The van der Waals surface area contributed by atoms with Crippen LogP contribution in [-0.2, 0) is 4.79 Å². The van der Waals surface area contributed by atoms with E-state index in [0.717, 1.165) is 15.7 Å². The number of carbonyl (C=O) groups excluding carboxylic acids is 1. The summed E-state index contributed by atoms with van der Waals surface area (Å²) in [4.78, 5) is 24.5. The van der Waals surface area contributed by atoms with Crippen LogP contribution in [0.3, 0.4) is 0 Å². The Morgan fingerprint density at radius 2 is 1.91 bits per heavy atom. The van der Waals surface area contributed by atoms with Crippen LogP contribution in [0.5, 0.6) is 5.75 Å². The fraction of sp³-hybridized carbons (Fsp3) is 0.250. The average Bonchev–Trinajstić information content (AvgIpc) is 2.93. The second-order valence-electron chi connectivity index (χ2n) is 5.26. The average molecular weight is 300 g/mol. The van der Waals surface area contributed by atoms with Crippen LogP contribution in [0.25, 0.3) is 10.8 Å². The van der Waals surface area contributed by atoms with E-state index in [1.54, 1.807) is 12.1 Å². The molecule has 3 N–H and O–H groups in total. The topological polar surface area (TPSA) is 92.9 Å². The van der Waals surface area contributed by atoms with Gasteiger partial charge in [0.15, 0.2) is 0 Å². The van der Waals surface area contributed by atoms with Crippen molar-refractivity contribution < 1.29 is 19.4 Å². The number of nitrogens with two attached hydrogens (primary N) is 1. The van der Waals surface area contributed by atoms with Gasteiger partial charge in [0.25, 0.3) is 5.72 Å². The zero-order chi connectivity index (χ0) is 15.7. The summed E-state index contributed by atoms with van der Waals surface area (Å²) < 4.78 is 5.84. The Balaban J connectivity index is 2.08. The summed E-state index contributed by atoms with van der Waals surface area (Å²) in [5.74, 6) is -0.787. The number of amides is 2. The molecule has 0 aromatic heterocycles. The normalized spacial score (nSPS) is 21.0. The Morgan fingerprint density at radius 3 is 2.64 bits per heavy atom. The Morgan fingerprint density at radius 1 is 1.18 bits per heavy atom. The molecule has 6 nitrogen and oxygen atoms in total. The third kappa shape index (κ3) is 2.13. The van der Waals surface area contributed by atoms with Gasteiger partial charge in [-0.2, -0.15) is 0 Å². The van der Waals surface area contributed by atoms with Crippen molar-refractivity contribution in [2.24, 2.45) is 5.73 Å². The van der Waals surface area contributed by atoms with Gasteiger partial charge in [-0.3, -0.25) is 4.90 Å². The van der Waals surface area contributed by atoms with Crippen molar-refractivity contribution >= 4 is 22.8 Å². The highest BCUT2D eigenvalue weighted by molar-refractivity contribution is 5.90. The molecule has 0 bridgehead atoms. The lowest BCUT2D eigenvalue weighted by Gasteiger charge is -2.33. The molecule has 0 saturated carbocycles. The lowest BCUT2D eigenvalue weighted by Crippen LogP contribution is -2.58. The first-order chi connectivity index (χ1) is 10.5. The first-order valence-electron chi connectivity index (χ1n) is 7.02. The van der Waals surface area contributed by atoms with E-state index in [0.29, 0.717) is 12.2 Å². The fourth-order valence-corrected chi connectivity index (χ4v) is 2.92. The van der Waals surface area contributed by atoms with Gasteiger partial charge in [-0.1, -0.05) is 36.4 Å². The van der Waals surface area contributed by atoms with E-state index >= 15 is 0 Å². The van der Waals surface area contributed by atoms with Crippen molar-refractivity contribution in [1.29, 1.82) is 0 Å². The molecule has 0 spiro atoms. The lowest BCUT2D eigenvalue weighted by atomic mass is 10.1. The van der Waals surface area contributed by atoms with Crippen molar-refractivity contribution in [3.05, 3.63) is 42.5 Å². The number of primary amides is 1. The molecule has 2 aromatic rings. The largest absolute Gasteiger partial charge is 0.477 e. The summed E-state index contributed by atoms with van der Waals surface area (Å²) in [6.45, 7) is 0.270. The number of ether oxygens (including phenoxy) is 1. The number of rotatable bonds is 3. The van der Waals surface area contributed by atoms with Crippen molar-refractivity contribution in [3.8, 4) is 5.75 Å². The lowest BCUT2D eigenvalue weighted by molar-refractivity contribution is -0.166. The molecule has 2 amide bonds. The van der Waals surface area contributed by atoms with Crippen LogP contribution in [0.15, 0.2) is 42.5 Å². The van der Waals surface area contributed by atoms with Crippen LogP contribution in [0, 0.1) is 0 Å². The molecule has 3 rings (SSSR count). The Kier molecular flexibility index (Phi) is 3.36. The fourth-order valence-electron chi connectivity index (χ4n) is 2.92. The molecule has 114 valence electrons. The molecule has 0 aliphatic carbocycles. The Hall–Kier alpha value is -2.76. The van der Waals surface area contributed by atoms with Crippen LogP contribution in [0.1, 0.15) is 12.8 Å². The third-order valence-electron chi connectivity index (χ3n) is 3.96. The molecule has 22 heavy (non-hydrogen) atoms. The van der Waals surface area contributed by atoms with Gasteiger partial charge in [-0.25, -0.2) is 9.59 Å². The zero-order valence-corrected chi connectivity index (χ0v) is 11.9. The highest BCUT2D eigenvalue weighted by Gasteiger charge is 2.52. The Bertz CT molecular complexity index is 741. The zero-order valence-electron chi connectivity index (χ0n) is 11.9. The molecular formula is C16H16N2O4. The van der Waals surface area contributed by atoms with E-state index in [2.05, 4.69) is 0 Å². The van der Waals surface area contributed by atoms with Crippen molar-refractivity contribution in [2.45, 2.75) is 18.6 Å². The molecule has 1 fully saturated rings. The molecule has 2 aromatic carbocycles. The van der Waals surface area contributed by atoms with E-state index < -0.39 is 17.7 Å². The number of carboxylic acid groups (broad SMARTS) is 1. The number of aliphatic carboxylic acids is 1. The van der Waals surface area contributed by atoms with Crippen LogP contribution >= 0.6 is 0 Å². The predicted octanol–water partition coefficient (Wildman–Crippen LogP) is 2.17. The number of carbonyl (C=O) groups is 2. The van der Waals surface area contributed by atoms with Crippen molar-refractivity contribution in [2.75, 3.05) is 6.54 Å². The highest BCUT2D eigenvalue weighted by Crippen LogP contribution is 2.35. The van der Waals surface area contributed by atoms with E-state index in [1.807, 2.05) is 30.3 Å². The van der Waals surface area contributed by atoms with E-state index in [1.165, 1.54) is 0 Å². The molecule has 1 atom stereocenters. The summed E-state index contributed by atoms with van der Waals surface area (Å²) in [6, 6.07) is 12.1. The van der Waals surface area contributed by atoms with Crippen LogP contribution < -0.4 is 10.5 Å². The minimum absolute atomic E-state index is 0.203. The van der Waals surface area contributed by atoms with Crippen molar-refractivity contribution in [1.82, 2.24) is 4.90 Å². The smallest absolute Gasteiger partial charge is 0.370 e. The quantitative estimate of drug-likeness (QED) is 0.908. The van der Waals surface area contributed by atoms with Gasteiger partial charge < -0.3 is 15.6 Å². The maximum atomic E-state index is 11.8. The molecular weight excluding hydrogens is 284 g/mol. The first kappa shape index (κ1) is 14.2. The molecule has 1 aliphatic rings. The number of benzene rings is 2. The van der Waals surface area contributed by atoms with Gasteiger partial charge in [0.05, 0.1) is 0 Å². The van der Waals surface area contributed by atoms with Crippen LogP contribution in [0.2, 0.25) is 0 Å². The number of hydrogen-bond donors (Lipinski definition) is 2. The summed E-state index contributed by atoms with van der Waals surface area (Å²) in [7, 11) is 0. The van der Waals surface area contributed by atoms with Gasteiger partial charge >= 0.3 is 12.0 Å². The molecule has 1 heterocycles. The number of likely N-dealkylation sites (tertiary alicyclic amines) is 1. The summed E-state index contributed by atoms with van der Waals surface area (Å²) in [5.41, 5.74) is 3.58. The number of urea groups is 1. The number of hydrogen-bond acceptors (Lipinski definition) is 3. The second-order valence-corrected chi connectivity index (χ2v) is 5.26. The van der Waals surface area contributed by atoms with E-state index in [-0.39, 0.29) is 13.0 Å². The molecule has 0 unspecified atom stereocenters.